The maximum Gasteiger partial charge on any atom is 0.167 e. The first-order valence-corrected chi connectivity index (χ1v) is 19.5. The van der Waals surface area contributed by atoms with E-state index in [0.717, 1.165) is 44.2 Å². The van der Waals surface area contributed by atoms with Gasteiger partial charge in [-0.1, -0.05) is 158 Å². The Labute approximate surface area is 327 Å². The van der Waals surface area contributed by atoms with Crippen molar-refractivity contribution >= 4 is 53.4 Å². The first kappa shape index (κ1) is 32.2. The molecular weight excluding hydrogens is 703 g/mol. The minimum Gasteiger partial charge on any atom is -0.455 e. The SMILES string of the molecule is c1ccc(-c2cccc(-c3ccc(-c4ccc5c(c4)oc4c(-c6nc(-c7ccccc7)nc(-c7ccccc7)n6)cccc45)c4c3sc3ccccc34)c2)cc1. The number of rotatable bonds is 6. The Balaban J connectivity index is 1.07. The molecule has 0 radical (unpaired) electrons. The number of fused-ring (bicyclic) bond motifs is 6. The van der Waals surface area contributed by atoms with Crippen molar-refractivity contribution in [2.45, 2.75) is 0 Å². The van der Waals surface area contributed by atoms with Gasteiger partial charge < -0.3 is 4.42 Å². The Morgan fingerprint density at radius 1 is 0.357 bits per heavy atom. The number of nitrogens with zero attached hydrogens (tertiary/aromatic N) is 3. The molecule has 0 amide bonds. The van der Waals surface area contributed by atoms with Crippen LogP contribution in [0, 0.1) is 0 Å². The fourth-order valence-corrected chi connectivity index (χ4v) is 9.13. The highest BCUT2D eigenvalue weighted by molar-refractivity contribution is 7.26. The van der Waals surface area contributed by atoms with E-state index in [-0.39, 0.29) is 0 Å². The molecule has 0 spiro atoms. The molecule has 0 saturated heterocycles. The van der Waals surface area contributed by atoms with E-state index in [4.69, 9.17) is 19.4 Å². The highest BCUT2D eigenvalue weighted by atomic mass is 32.1. The summed E-state index contributed by atoms with van der Waals surface area (Å²) in [6, 6.07) is 65.7. The van der Waals surface area contributed by atoms with Gasteiger partial charge in [-0.15, -0.1) is 11.3 Å². The molecule has 8 aromatic carbocycles. The fraction of sp³-hybridized carbons (Fsp3) is 0. The van der Waals surface area contributed by atoms with Crippen molar-refractivity contribution in [2.75, 3.05) is 0 Å². The largest absolute Gasteiger partial charge is 0.455 e. The second kappa shape index (κ2) is 13.3. The van der Waals surface area contributed by atoms with Gasteiger partial charge in [0.05, 0.1) is 5.56 Å². The second-order valence-electron chi connectivity index (χ2n) is 13.9. The Morgan fingerprint density at radius 3 is 1.68 bits per heavy atom. The zero-order valence-corrected chi connectivity index (χ0v) is 30.9. The molecule has 3 heterocycles. The summed E-state index contributed by atoms with van der Waals surface area (Å²) in [4.78, 5) is 14.9. The van der Waals surface area contributed by atoms with Gasteiger partial charge in [0.15, 0.2) is 17.5 Å². The van der Waals surface area contributed by atoms with Crippen molar-refractivity contribution in [3.63, 3.8) is 0 Å². The smallest absolute Gasteiger partial charge is 0.167 e. The predicted molar refractivity (Wildman–Crippen MR) is 233 cm³/mol. The Kier molecular flexibility index (Phi) is 7.64. The molecule has 0 saturated carbocycles. The summed E-state index contributed by atoms with van der Waals surface area (Å²) >= 11 is 1.86. The number of benzene rings is 8. The fourth-order valence-electron chi connectivity index (χ4n) is 7.86. The summed E-state index contributed by atoms with van der Waals surface area (Å²) in [5.41, 5.74) is 11.4. The topological polar surface area (TPSA) is 51.8 Å². The van der Waals surface area contributed by atoms with Gasteiger partial charge >= 0.3 is 0 Å². The zero-order chi connectivity index (χ0) is 37.0. The maximum absolute atomic E-state index is 6.82. The van der Waals surface area contributed by atoms with Gasteiger partial charge in [0.25, 0.3) is 0 Å². The third-order valence-electron chi connectivity index (χ3n) is 10.6. The van der Waals surface area contributed by atoms with E-state index in [1.807, 2.05) is 78.1 Å². The van der Waals surface area contributed by atoms with Crippen LogP contribution in [0.3, 0.4) is 0 Å². The minimum atomic E-state index is 0.570. The van der Waals surface area contributed by atoms with Crippen molar-refractivity contribution < 1.29 is 4.42 Å². The molecule has 0 bridgehead atoms. The van der Waals surface area contributed by atoms with Crippen LogP contribution in [0.5, 0.6) is 0 Å². The molecule has 5 heteroatoms. The lowest BCUT2D eigenvalue weighted by atomic mass is 9.93. The molecule has 0 aliphatic rings. The molecule has 3 aromatic heterocycles. The molecule has 0 atom stereocenters. The molecule has 262 valence electrons. The van der Waals surface area contributed by atoms with Gasteiger partial charge in [-0.2, -0.15) is 0 Å². The van der Waals surface area contributed by atoms with E-state index in [9.17, 15) is 0 Å². The number of hydrogen-bond acceptors (Lipinski definition) is 5. The molecule has 11 aromatic rings. The standard InChI is InChI=1S/C51H31N3OS/c1-4-14-32(15-5-1)35-20-12-21-36(30-35)39-29-28-38(46-42-22-10-11-25-45(42)56-48(39)46)37-26-27-40-41-23-13-24-43(47(41)55-44(40)31-37)51-53-49(33-16-6-2-7-17-33)52-50(54-51)34-18-8-3-9-19-34/h1-31H. The van der Waals surface area contributed by atoms with Gasteiger partial charge in [-0.05, 0) is 63.7 Å². The van der Waals surface area contributed by atoms with Crippen molar-refractivity contribution in [2.24, 2.45) is 0 Å². The molecule has 0 aliphatic carbocycles. The van der Waals surface area contributed by atoms with Crippen LogP contribution in [0.4, 0.5) is 0 Å². The number of aromatic nitrogens is 3. The van der Waals surface area contributed by atoms with E-state index < -0.39 is 0 Å². The first-order valence-electron chi connectivity index (χ1n) is 18.7. The summed E-state index contributed by atoms with van der Waals surface area (Å²) in [7, 11) is 0. The number of hydrogen-bond donors (Lipinski definition) is 0. The highest BCUT2D eigenvalue weighted by Crippen LogP contribution is 2.46. The van der Waals surface area contributed by atoms with E-state index in [2.05, 4.69) is 121 Å². The van der Waals surface area contributed by atoms with Crippen LogP contribution >= 0.6 is 11.3 Å². The van der Waals surface area contributed by atoms with Gasteiger partial charge in [0.1, 0.15) is 11.2 Å². The van der Waals surface area contributed by atoms with Crippen molar-refractivity contribution in [1.82, 2.24) is 15.0 Å². The third-order valence-corrected chi connectivity index (χ3v) is 11.8. The monoisotopic (exact) mass is 733 g/mol. The van der Waals surface area contributed by atoms with Crippen molar-refractivity contribution in [3.8, 4) is 67.5 Å². The summed E-state index contributed by atoms with van der Waals surface area (Å²) in [5.74, 6) is 1.81. The number of thiophene rings is 1. The van der Waals surface area contributed by atoms with Gasteiger partial charge in [-0.3, -0.25) is 0 Å². The van der Waals surface area contributed by atoms with E-state index >= 15 is 0 Å². The molecule has 0 N–H and O–H groups in total. The summed E-state index contributed by atoms with van der Waals surface area (Å²) < 4.78 is 9.37. The Hall–Kier alpha value is -7.21. The van der Waals surface area contributed by atoms with Crippen LogP contribution in [0.15, 0.2) is 192 Å². The molecule has 0 unspecified atom stereocenters. The molecule has 0 fully saturated rings. The second-order valence-corrected chi connectivity index (χ2v) is 15.0. The van der Waals surface area contributed by atoms with Crippen LogP contribution in [0.2, 0.25) is 0 Å². The first-order chi connectivity index (χ1) is 27.7. The average molecular weight is 734 g/mol. The van der Waals surface area contributed by atoms with Crippen LogP contribution in [-0.2, 0) is 0 Å². The van der Waals surface area contributed by atoms with Crippen LogP contribution in [0.1, 0.15) is 0 Å². The molecular formula is C51H31N3OS. The average Bonchev–Trinajstić information content (AvgIpc) is 3.86. The van der Waals surface area contributed by atoms with E-state index in [1.54, 1.807) is 0 Å². The molecule has 56 heavy (non-hydrogen) atoms. The Bertz CT molecular complexity index is 3180. The van der Waals surface area contributed by atoms with Crippen LogP contribution < -0.4 is 0 Å². The minimum absolute atomic E-state index is 0.570. The van der Waals surface area contributed by atoms with Gasteiger partial charge in [0.2, 0.25) is 0 Å². The molecule has 11 rings (SSSR count). The summed E-state index contributed by atoms with van der Waals surface area (Å²) in [6.07, 6.45) is 0. The third kappa shape index (κ3) is 5.48. The van der Waals surface area contributed by atoms with Crippen molar-refractivity contribution in [3.05, 3.63) is 188 Å². The highest BCUT2D eigenvalue weighted by Gasteiger charge is 2.20. The van der Waals surface area contributed by atoms with E-state index in [1.165, 1.54) is 48.0 Å². The predicted octanol–water partition coefficient (Wildman–Crippen LogP) is 14.1. The van der Waals surface area contributed by atoms with Crippen LogP contribution in [0.25, 0.3) is 110 Å². The van der Waals surface area contributed by atoms with Gasteiger partial charge in [-0.25, -0.2) is 15.0 Å². The quantitative estimate of drug-likeness (QED) is 0.171. The Morgan fingerprint density at radius 2 is 0.929 bits per heavy atom. The molecule has 4 nitrogen and oxygen atoms in total. The van der Waals surface area contributed by atoms with Crippen LogP contribution in [-0.4, -0.2) is 15.0 Å². The lowest BCUT2D eigenvalue weighted by Gasteiger charge is -2.11. The van der Waals surface area contributed by atoms with Crippen molar-refractivity contribution in [1.29, 1.82) is 0 Å². The summed E-state index contributed by atoms with van der Waals surface area (Å²) in [6.45, 7) is 0. The lowest BCUT2D eigenvalue weighted by Crippen LogP contribution is -2.00. The lowest BCUT2D eigenvalue weighted by molar-refractivity contribution is 0.669. The summed E-state index contributed by atoms with van der Waals surface area (Å²) in [5, 5.41) is 4.59. The number of para-hydroxylation sites is 1. The van der Waals surface area contributed by atoms with E-state index in [0.29, 0.717) is 17.5 Å². The number of furan rings is 1. The zero-order valence-electron chi connectivity index (χ0n) is 30.1. The maximum atomic E-state index is 6.82. The molecule has 0 aliphatic heterocycles. The normalized spacial score (nSPS) is 11.6. The van der Waals surface area contributed by atoms with Gasteiger partial charge in [0, 0.05) is 42.1 Å².